The third-order valence-corrected chi connectivity index (χ3v) is 3.20. The normalized spacial score (nSPS) is 10.9. The summed E-state index contributed by atoms with van der Waals surface area (Å²) in [5.41, 5.74) is 3.32. The molecule has 0 radical (unpaired) electrons. The van der Waals surface area contributed by atoms with Crippen LogP contribution < -0.4 is 5.76 Å². The molecule has 2 aromatic carbocycles. The lowest BCUT2D eigenvalue weighted by molar-refractivity contribution is 0.0956. The number of rotatable bonds is 1. The number of carbonyl (C=O) groups is 1. The van der Waals surface area contributed by atoms with Gasteiger partial charge in [-0.15, -0.1) is 0 Å². The van der Waals surface area contributed by atoms with Gasteiger partial charge in [-0.1, -0.05) is 23.8 Å². The third-order valence-electron chi connectivity index (χ3n) is 3.20. The van der Waals surface area contributed by atoms with E-state index in [1.54, 1.807) is 30.3 Å². The van der Waals surface area contributed by atoms with Gasteiger partial charge >= 0.3 is 5.76 Å². The van der Waals surface area contributed by atoms with Crippen LogP contribution in [0.25, 0.3) is 11.1 Å². The summed E-state index contributed by atoms with van der Waals surface area (Å²) in [5.74, 6) is -1.03. The van der Waals surface area contributed by atoms with Crippen molar-refractivity contribution in [1.82, 2.24) is 4.57 Å². The van der Waals surface area contributed by atoms with Crippen LogP contribution >= 0.6 is 0 Å². The minimum Gasteiger partial charge on any atom is -0.407 e. The van der Waals surface area contributed by atoms with E-state index in [0.29, 0.717) is 16.7 Å². The quantitative estimate of drug-likeness (QED) is 0.681. The molecule has 0 bridgehead atoms. The van der Waals surface area contributed by atoms with Crippen molar-refractivity contribution in [3.05, 3.63) is 69.7 Å². The summed E-state index contributed by atoms with van der Waals surface area (Å²) in [6.45, 7) is 3.80. The molecule has 0 saturated carbocycles. The Labute approximate surface area is 115 Å². The van der Waals surface area contributed by atoms with Gasteiger partial charge in [0.05, 0.1) is 5.52 Å². The highest BCUT2D eigenvalue weighted by Crippen LogP contribution is 2.16. The summed E-state index contributed by atoms with van der Waals surface area (Å²) in [5, 5.41) is 0. The van der Waals surface area contributed by atoms with Crippen LogP contribution in [0.15, 0.2) is 51.7 Å². The number of hydrogen-bond acceptors (Lipinski definition) is 3. The van der Waals surface area contributed by atoms with Gasteiger partial charge in [-0.2, -0.15) is 0 Å². The van der Waals surface area contributed by atoms with Crippen LogP contribution in [0, 0.1) is 13.8 Å². The fraction of sp³-hybridized carbons (Fsp3) is 0.125. The zero-order valence-electron chi connectivity index (χ0n) is 11.2. The molecule has 0 saturated heterocycles. The van der Waals surface area contributed by atoms with Crippen molar-refractivity contribution < 1.29 is 9.21 Å². The zero-order chi connectivity index (χ0) is 14.3. The Hall–Kier alpha value is -2.62. The van der Waals surface area contributed by atoms with Gasteiger partial charge in [0.15, 0.2) is 5.58 Å². The first-order valence-electron chi connectivity index (χ1n) is 6.30. The Morgan fingerprint density at radius 1 is 1.05 bits per heavy atom. The molecule has 3 aromatic rings. The molecule has 0 spiro atoms. The molecule has 20 heavy (non-hydrogen) atoms. The van der Waals surface area contributed by atoms with E-state index in [1.807, 2.05) is 26.0 Å². The summed E-state index contributed by atoms with van der Waals surface area (Å²) in [6.07, 6.45) is 0. The van der Waals surface area contributed by atoms with Gasteiger partial charge in [0.1, 0.15) is 0 Å². The van der Waals surface area contributed by atoms with Crippen molar-refractivity contribution >= 4 is 17.0 Å². The number of oxazole rings is 1. The SMILES string of the molecule is Cc1cccc(C(=O)n2c(=O)oc3ccc(C)cc32)c1. The number of aryl methyl sites for hydroxylation is 2. The van der Waals surface area contributed by atoms with Crippen molar-refractivity contribution in [3.63, 3.8) is 0 Å². The highest BCUT2D eigenvalue weighted by Gasteiger charge is 2.17. The maximum absolute atomic E-state index is 12.5. The molecule has 4 heteroatoms. The Morgan fingerprint density at radius 3 is 2.55 bits per heavy atom. The zero-order valence-corrected chi connectivity index (χ0v) is 11.2. The molecule has 0 amide bonds. The number of fused-ring (bicyclic) bond motifs is 1. The van der Waals surface area contributed by atoms with Gasteiger partial charge in [0.2, 0.25) is 0 Å². The smallest absolute Gasteiger partial charge is 0.407 e. The largest absolute Gasteiger partial charge is 0.427 e. The van der Waals surface area contributed by atoms with Crippen molar-refractivity contribution in [3.8, 4) is 0 Å². The van der Waals surface area contributed by atoms with Crippen LogP contribution in [0.5, 0.6) is 0 Å². The van der Waals surface area contributed by atoms with Crippen molar-refractivity contribution in [2.45, 2.75) is 13.8 Å². The van der Waals surface area contributed by atoms with Gasteiger partial charge in [-0.3, -0.25) is 4.79 Å². The Morgan fingerprint density at radius 2 is 1.80 bits per heavy atom. The molecule has 0 aliphatic carbocycles. The molecule has 100 valence electrons. The average molecular weight is 267 g/mol. The molecular weight excluding hydrogens is 254 g/mol. The van der Waals surface area contributed by atoms with Crippen LogP contribution in [0.3, 0.4) is 0 Å². The molecule has 0 unspecified atom stereocenters. The van der Waals surface area contributed by atoms with E-state index >= 15 is 0 Å². The minimum atomic E-state index is -0.655. The molecule has 1 aromatic heterocycles. The number of benzene rings is 2. The van der Waals surface area contributed by atoms with Crippen LogP contribution in [0.1, 0.15) is 21.5 Å². The molecule has 4 nitrogen and oxygen atoms in total. The number of carbonyl (C=O) groups excluding carboxylic acids is 1. The number of nitrogens with zero attached hydrogens (tertiary/aromatic N) is 1. The van der Waals surface area contributed by atoms with E-state index in [1.165, 1.54) is 0 Å². The number of aromatic nitrogens is 1. The van der Waals surface area contributed by atoms with E-state index in [-0.39, 0.29) is 5.91 Å². The maximum atomic E-state index is 12.5. The van der Waals surface area contributed by atoms with E-state index in [9.17, 15) is 9.59 Å². The maximum Gasteiger partial charge on any atom is 0.427 e. The van der Waals surface area contributed by atoms with Crippen molar-refractivity contribution in [2.24, 2.45) is 0 Å². The van der Waals surface area contributed by atoms with Gasteiger partial charge in [0, 0.05) is 5.56 Å². The molecule has 0 aliphatic heterocycles. The second-order valence-electron chi connectivity index (χ2n) is 4.85. The Bertz CT molecular complexity index is 871. The second kappa shape index (κ2) is 4.49. The minimum absolute atomic E-state index is 0.372. The van der Waals surface area contributed by atoms with E-state index in [2.05, 4.69) is 0 Å². The summed E-state index contributed by atoms with van der Waals surface area (Å²) in [6, 6.07) is 12.4. The van der Waals surface area contributed by atoms with Crippen LogP contribution in [0.2, 0.25) is 0 Å². The van der Waals surface area contributed by atoms with Crippen LogP contribution in [-0.2, 0) is 0 Å². The highest BCUT2D eigenvalue weighted by molar-refractivity contribution is 6.00. The third kappa shape index (κ3) is 1.95. The molecule has 3 rings (SSSR count). The number of hydrogen-bond donors (Lipinski definition) is 0. The summed E-state index contributed by atoms with van der Waals surface area (Å²) >= 11 is 0. The molecule has 0 N–H and O–H groups in total. The van der Waals surface area contributed by atoms with Crippen molar-refractivity contribution in [1.29, 1.82) is 0 Å². The van der Waals surface area contributed by atoms with Gasteiger partial charge in [-0.25, -0.2) is 9.36 Å². The fourth-order valence-electron chi connectivity index (χ4n) is 2.23. The summed E-state index contributed by atoms with van der Waals surface area (Å²) < 4.78 is 6.19. The van der Waals surface area contributed by atoms with Crippen LogP contribution in [-0.4, -0.2) is 10.5 Å². The lowest BCUT2D eigenvalue weighted by Crippen LogP contribution is -2.23. The predicted molar refractivity (Wildman–Crippen MR) is 76.1 cm³/mol. The average Bonchev–Trinajstić information content (AvgIpc) is 2.73. The van der Waals surface area contributed by atoms with Gasteiger partial charge in [0.25, 0.3) is 5.91 Å². The predicted octanol–water partition coefficient (Wildman–Crippen LogP) is 2.90. The monoisotopic (exact) mass is 267 g/mol. The van der Waals surface area contributed by atoms with Gasteiger partial charge in [-0.05, 0) is 43.7 Å². The molecule has 0 aliphatic rings. The lowest BCUT2D eigenvalue weighted by Gasteiger charge is -2.02. The van der Waals surface area contributed by atoms with Crippen molar-refractivity contribution in [2.75, 3.05) is 0 Å². The first-order chi connectivity index (χ1) is 9.56. The Balaban J connectivity index is 2.24. The molecule has 1 heterocycles. The van der Waals surface area contributed by atoms with Crippen LogP contribution in [0.4, 0.5) is 0 Å². The first kappa shape index (κ1) is 12.4. The topological polar surface area (TPSA) is 52.2 Å². The summed E-state index contributed by atoms with van der Waals surface area (Å²) in [7, 11) is 0. The Kier molecular flexibility index (Phi) is 2.79. The first-order valence-corrected chi connectivity index (χ1v) is 6.30. The summed E-state index contributed by atoms with van der Waals surface area (Å²) in [4.78, 5) is 24.4. The standard InChI is InChI=1S/C16H13NO3/c1-10-4-3-5-12(8-10)15(18)17-13-9-11(2)6-7-14(13)20-16(17)19/h3-9H,1-2H3. The van der Waals surface area contributed by atoms with E-state index < -0.39 is 5.76 Å². The fourth-order valence-corrected chi connectivity index (χ4v) is 2.23. The second-order valence-corrected chi connectivity index (χ2v) is 4.85. The van der Waals surface area contributed by atoms with E-state index in [4.69, 9.17) is 4.42 Å². The lowest BCUT2D eigenvalue weighted by atomic mass is 10.1. The molecular formula is C16H13NO3. The van der Waals surface area contributed by atoms with Gasteiger partial charge < -0.3 is 4.42 Å². The molecule has 0 atom stereocenters. The van der Waals surface area contributed by atoms with E-state index in [0.717, 1.165) is 15.7 Å². The molecule has 0 fully saturated rings. The highest BCUT2D eigenvalue weighted by atomic mass is 16.4.